The van der Waals surface area contributed by atoms with Crippen LogP contribution in [0.25, 0.3) is 5.70 Å². The Labute approximate surface area is 135 Å². The van der Waals surface area contributed by atoms with Crippen LogP contribution in [0.15, 0.2) is 28.4 Å². The molecule has 2 aliphatic rings. The monoisotopic (exact) mass is 317 g/mol. The lowest BCUT2D eigenvalue weighted by Crippen LogP contribution is -2.23. The van der Waals surface area contributed by atoms with E-state index in [1.807, 2.05) is 6.07 Å². The molecule has 118 valence electrons. The number of allylic oxidation sites excluding steroid dienone is 1. The van der Waals surface area contributed by atoms with Gasteiger partial charge in [0.05, 0.1) is 11.4 Å². The van der Waals surface area contributed by atoms with Gasteiger partial charge in [0.15, 0.2) is 0 Å². The molecule has 6 heteroatoms. The molecule has 1 aliphatic carbocycles. The third-order valence-electron chi connectivity index (χ3n) is 4.09. The number of hydrogen-bond donors (Lipinski definition) is 3. The summed E-state index contributed by atoms with van der Waals surface area (Å²) >= 11 is 1.62. The zero-order valence-electron chi connectivity index (χ0n) is 12.9. The van der Waals surface area contributed by atoms with Gasteiger partial charge in [-0.3, -0.25) is 0 Å². The first-order chi connectivity index (χ1) is 10.8. The van der Waals surface area contributed by atoms with Crippen molar-refractivity contribution in [2.24, 2.45) is 5.73 Å². The number of anilines is 1. The topological polar surface area (TPSA) is 75.9 Å². The second-order valence-electron chi connectivity index (χ2n) is 5.73. The molecular weight excluding hydrogens is 294 g/mol. The van der Waals surface area contributed by atoms with Crippen molar-refractivity contribution in [3.63, 3.8) is 0 Å². The largest absolute Gasteiger partial charge is 0.395 e. The Morgan fingerprint density at radius 1 is 1.41 bits per heavy atom. The first-order valence-corrected chi connectivity index (χ1v) is 8.86. The Morgan fingerprint density at radius 2 is 2.23 bits per heavy atom. The molecule has 0 unspecified atom stereocenters. The summed E-state index contributed by atoms with van der Waals surface area (Å²) in [6.07, 6.45) is 9.06. The minimum atomic E-state index is 0.491. The van der Waals surface area contributed by atoms with E-state index in [1.165, 1.54) is 37.8 Å². The minimum absolute atomic E-state index is 0.491. The second-order valence-corrected chi connectivity index (χ2v) is 6.61. The molecule has 0 aromatic carbocycles. The number of nitrogens with zero attached hydrogens (tertiary/aromatic N) is 2. The Bertz CT molecular complexity index is 590. The van der Waals surface area contributed by atoms with Gasteiger partial charge >= 0.3 is 0 Å². The maximum absolute atomic E-state index is 6.26. The number of thioether (sulfide) groups is 1. The highest BCUT2D eigenvalue weighted by Gasteiger charge is 2.16. The van der Waals surface area contributed by atoms with E-state index in [2.05, 4.69) is 32.9 Å². The quantitative estimate of drug-likeness (QED) is 0.790. The minimum Gasteiger partial charge on any atom is -0.395 e. The van der Waals surface area contributed by atoms with Crippen LogP contribution in [0.3, 0.4) is 0 Å². The molecule has 1 aromatic rings. The standard InChI is InChI=1S/C16H23N5S/c1-2-11-10-22-15(19-11)14(17)13-8-9-18-16(21-13)20-12-6-4-3-5-7-12/h8-10,12,19H,2-7,17H2,1H3,(H,18,20,21)/b15-14+. The van der Waals surface area contributed by atoms with Crippen molar-refractivity contribution in [3.05, 3.63) is 34.1 Å². The average molecular weight is 317 g/mol. The fourth-order valence-corrected chi connectivity index (χ4v) is 3.67. The fraction of sp³-hybridized carbons (Fsp3) is 0.500. The lowest BCUT2D eigenvalue weighted by atomic mass is 9.96. The molecule has 1 aromatic heterocycles. The Morgan fingerprint density at radius 3 is 2.95 bits per heavy atom. The summed E-state index contributed by atoms with van der Waals surface area (Å²) in [5, 5.41) is 9.84. The van der Waals surface area contributed by atoms with Gasteiger partial charge in [0.25, 0.3) is 0 Å². The van der Waals surface area contributed by atoms with Gasteiger partial charge in [-0.2, -0.15) is 0 Å². The van der Waals surface area contributed by atoms with Crippen molar-refractivity contribution in [1.82, 2.24) is 15.3 Å². The second kappa shape index (κ2) is 7.05. The van der Waals surface area contributed by atoms with Crippen LogP contribution in [0.5, 0.6) is 0 Å². The molecule has 2 heterocycles. The van der Waals surface area contributed by atoms with Crippen molar-refractivity contribution in [3.8, 4) is 0 Å². The zero-order valence-corrected chi connectivity index (χ0v) is 13.7. The predicted octanol–water partition coefficient (Wildman–Crippen LogP) is 3.39. The molecule has 0 amide bonds. The Kier molecular flexibility index (Phi) is 4.87. The highest BCUT2D eigenvalue weighted by molar-refractivity contribution is 8.06. The molecule has 1 fully saturated rings. The van der Waals surface area contributed by atoms with Crippen LogP contribution in [-0.2, 0) is 0 Å². The van der Waals surface area contributed by atoms with E-state index < -0.39 is 0 Å². The third kappa shape index (κ3) is 3.55. The highest BCUT2D eigenvalue weighted by Crippen LogP contribution is 2.30. The maximum Gasteiger partial charge on any atom is 0.223 e. The summed E-state index contributed by atoms with van der Waals surface area (Å²) in [6.45, 7) is 2.12. The van der Waals surface area contributed by atoms with E-state index >= 15 is 0 Å². The lowest BCUT2D eigenvalue weighted by molar-refractivity contribution is 0.461. The number of aromatic nitrogens is 2. The summed E-state index contributed by atoms with van der Waals surface area (Å²) in [5.74, 6) is 0.680. The normalized spacial score (nSPS) is 21.2. The van der Waals surface area contributed by atoms with Crippen LogP contribution >= 0.6 is 11.8 Å². The number of hydrogen-bond acceptors (Lipinski definition) is 6. The highest BCUT2D eigenvalue weighted by atomic mass is 32.2. The summed E-state index contributed by atoms with van der Waals surface area (Å²) in [7, 11) is 0. The predicted molar refractivity (Wildman–Crippen MR) is 92.7 cm³/mol. The van der Waals surface area contributed by atoms with E-state index in [1.54, 1.807) is 18.0 Å². The molecule has 0 atom stereocenters. The van der Waals surface area contributed by atoms with E-state index in [0.29, 0.717) is 17.7 Å². The summed E-state index contributed by atoms with van der Waals surface area (Å²) in [6, 6.07) is 2.35. The SMILES string of the molecule is CCC1=CS/C(=C(/N)c2ccnc(NC3CCCCC3)n2)N1. The van der Waals surface area contributed by atoms with Crippen molar-refractivity contribution in [1.29, 1.82) is 0 Å². The lowest BCUT2D eigenvalue weighted by Gasteiger charge is -2.22. The van der Waals surface area contributed by atoms with Gasteiger partial charge in [-0.25, -0.2) is 9.97 Å². The number of nitrogens with two attached hydrogens (primary N) is 1. The van der Waals surface area contributed by atoms with Crippen LogP contribution < -0.4 is 16.4 Å². The number of nitrogens with one attached hydrogen (secondary N) is 2. The van der Waals surface area contributed by atoms with Crippen LogP contribution in [0, 0.1) is 0 Å². The van der Waals surface area contributed by atoms with Crippen molar-refractivity contribution < 1.29 is 0 Å². The summed E-state index contributed by atoms with van der Waals surface area (Å²) in [4.78, 5) is 8.91. The van der Waals surface area contributed by atoms with E-state index in [4.69, 9.17) is 5.73 Å². The van der Waals surface area contributed by atoms with E-state index in [0.717, 1.165) is 17.1 Å². The van der Waals surface area contributed by atoms with E-state index in [-0.39, 0.29) is 0 Å². The Hall–Kier alpha value is -1.69. The van der Waals surface area contributed by atoms with Gasteiger partial charge in [-0.05, 0) is 30.7 Å². The molecule has 1 saturated carbocycles. The summed E-state index contributed by atoms with van der Waals surface area (Å²) in [5.41, 5.74) is 8.91. The molecule has 22 heavy (non-hydrogen) atoms. The number of rotatable bonds is 4. The molecule has 0 spiro atoms. The van der Waals surface area contributed by atoms with Gasteiger partial charge in [-0.15, -0.1) is 0 Å². The molecule has 5 nitrogen and oxygen atoms in total. The molecular formula is C16H23N5S. The molecule has 1 aliphatic heterocycles. The first-order valence-electron chi connectivity index (χ1n) is 7.98. The van der Waals surface area contributed by atoms with Crippen molar-refractivity contribution in [2.75, 3.05) is 5.32 Å². The van der Waals surface area contributed by atoms with Gasteiger partial charge in [0.1, 0.15) is 5.03 Å². The van der Waals surface area contributed by atoms with Crippen LogP contribution in [0.2, 0.25) is 0 Å². The third-order valence-corrected chi connectivity index (χ3v) is 5.05. The molecule has 0 bridgehead atoms. The molecule has 3 rings (SSSR count). The van der Waals surface area contributed by atoms with Gasteiger partial charge in [0.2, 0.25) is 5.95 Å². The molecule has 4 N–H and O–H groups in total. The molecule has 0 saturated heterocycles. The zero-order chi connectivity index (χ0) is 15.4. The van der Waals surface area contributed by atoms with Crippen LogP contribution in [-0.4, -0.2) is 16.0 Å². The average Bonchev–Trinajstić information content (AvgIpc) is 3.04. The van der Waals surface area contributed by atoms with Crippen molar-refractivity contribution in [2.45, 2.75) is 51.5 Å². The fourth-order valence-electron chi connectivity index (χ4n) is 2.76. The first kappa shape index (κ1) is 15.2. The Balaban J connectivity index is 1.72. The van der Waals surface area contributed by atoms with Gasteiger partial charge < -0.3 is 16.4 Å². The smallest absolute Gasteiger partial charge is 0.223 e. The van der Waals surface area contributed by atoms with E-state index in [9.17, 15) is 0 Å². The van der Waals surface area contributed by atoms with Crippen molar-refractivity contribution >= 4 is 23.4 Å². The van der Waals surface area contributed by atoms with Gasteiger partial charge in [0, 0.05) is 17.9 Å². The van der Waals surface area contributed by atoms with Crippen LogP contribution in [0.1, 0.15) is 51.1 Å². The summed E-state index contributed by atoms with van der Waals surface area (Å²) < 4.78 is 0. The van der Waals surface area contributed by atoms with Crippen LogP contribution in [0.4, 0.5) is 5.95 Å². The molecule has 0 radical (unpaired) electrons. The van der Waals surface area contributed by atoms with Gasteiger partial charge in [-0.1, -0.05) is 37.9 Å². The maximum atomic E-state index is 6.26.